The first kappa shape index (κ1) is 17.3. The number of carboxylic acid groups (broad SMARTS) is 1. The van der Waals surface area contributed by atoms with Crippen molar-refractivity contribution in [2.75, 3.05) is 0 Å². The first-order valence-electron chi connectivity index (χ1n) is 7.95. The quantitative estimate of drug-likeness (QED) is 0.564. The highest BCUT2D eigenvalue weighted by atomic mass is 16.6. The van der Waals surface area contributed by atoms with Crippen LogP contribution in [0.3, 0.4) is 0 Å². The van der Waals surface area contributed by atoms with Crippen LogP contribution in [0.25, 0.3) is 16.9 Å². The summed E-state index contributed by atoms with van der Waals surface area (Å²) < 4.78 is 1.55. The zero-order chi connectivity index (χ0) is 19.0. The van der Waals surface area contributed by atoms with E-state index in [1.54, 1.807) is 23.7 Å². The Hall–Kier alpha value is -3.48. The first-order chi connectivity index (χ1) is 12.3. The second kappa shape index (κ2) is 6.44. The highest BCUT2D eigenvalue weighted by Gasteiger charge is 2.23. The molecule has 0 bridgehead atoms. The Labute approximate surface area is 149 Å². The number of non-ortho nitro benzene ring substituents is 1. The summed E-state index contributed by atoms with van der Waals surface area (Å²) in [7, 11) is 0. The normalized spacial score (nSPS) is 10.7. The van der Waals surface area contributed by atoms with Crippen molar-refractivity contribution in [2.45, 2.75) is 20.8 Å². The lowest BCUT2D eigenvalue weighted by molar-refractivity contribution is -0.384. The van der Waals surface area contributed by atoms with E-state index < -0.39 is 10.9 Å². The number of aryl methyl sites for hydroxylation is 2. The highest BCUT2D eigenvalue weighted by molar-refractivity contribution is 5.90. The molecule has 2 aromatic carbocycles. The summed E-state index contributed by atoms with van der Waals surface area (Å²) in [6.45, 7) is 5.54. The molecule has 0 aliphatic heterocycles. The van der Waals surface area contributed by atoms with Crippen LogP contribution >= 0.6 is 0 Å². The molecule has 1 N–H and O–H groups in total. The first-order valence-corrected chi connectivity index (χ1v) is 7.95. The second-order valence-corrected chi connectivity index (χ2v) is 6.14. The maximum Gasteiger partial charge on any atom is 0.356 e. The number of nitro groups is 1. The lowest BCUT2D eigenvalue weighted by Gasteiger charge is -2.12. The van der Waals surface area contributed by atoms with E-state index in [0.717, 1.165) is 16.8 Å². The minimum atomic E-state index is -1.14. The topological polar surface area (TPSA) is 98.3 Å². The van der Waals surface area contributed by atoms with E-state index in [2.05, 4.69) is 5.10 Å². The Kier molecular flexibility index (Phi) is 4.29. The summed E-state index contributed by atoms with van der Waals surface area (Å²) in [6.07, 6.45) is 0. The van der Waals surface area contributed by atoms with Crippen molar-refractivity contribution >= 4 is 11.7 Å². The van der Waals surface area contributed by atoms with Gasteiger partial charge in [-0.05, 0) is 32.4 Å². The number of benzene rings is 2. The molecule has 0 aliphatic carbocycles. The van der Waals surface area contributed by atoms with Gasteiger partial charge in [0.2, 0.25) is 0 Å². The van der Waals surface area contributed by atoms with Crippen LogP contribution < -0.4 is 0 Å². The van der Waals surface area contributed by atoms with Gasteiger partial charge in [-0.2, -0.15) is 5.10 Å². The van der Waals surface area contributed by atoms with Gasteiger partial charge in [0, 0.05) is 23.3 Å². The minimum absolute atomic E-state index is 0.0628. The van der Waals surface area contributed by atoms with E-state index in [0.29, 0.717) is 16.8 Å². The molecular formula is C19H17N3O4. The number of aromatic nitrogens is 2. The van der Waals surface area contributed by atoms with E-state index in [1.807, 2.05) is 32.0 Å². The summed E-state index contributed by atoms with van der Waals surface area (Å²) in [6, 6.07) is 11.9. The molecule has 1 heterocycles. The maximum absolute atomic E-state index is 11.6. The molecule has 1 aromatic heterocycles. The molecule has 3 aromatic rings. The lowest BCUT2D eigenvalue weighted by Crippen LogP contribution is -2.04. The van der Waals surface area contributed by atoms with Crippen LogP contribution in [0.15, 0.2) is 42.5 Å². The summed E-state index contributed by atoms with van der Waals surface area (Å²) in [5.74, 6) is -1.14. The van der Waals surface area contributed by atoms with E-state index in [1.165, 1.54) is 12.1 Å². The third-order valence-corrected chi connectivity index (χ3v) is 4.24. The minimum Gasteiger partial charge on any atom is -0.476 e. The van der Waals surface area contributed by atoms with Gasteiger partial charge in [0.15, 0.2) is 5.69 Å². The third kappa shape index (κ3) is 2.95. The van der Waals surface area contributed by atoms with Gasteiger partial charge in [0.1, 0.15) is 0 Å². The Bertz CT molecular complexity index is 1040. The van der Waals surface area contributed by atoms with E-state index in [4.69, 9.17) is 0 Å². The van der Waals surface area contributed by atoms with E-state index in [-0.39, 0.29) is 11.4 Å². The van der Waals surface area contributed by atoms with Gasteiger partial charge >= 0.3 is 5.97 Å². The Morgan fingerprint density at radius 1 is 1.15 bits per heavy atom. The largest absolute Gasteiger partial charge is 0.476 e. The molecule has 0 fully saturated rings. The maximum atomic E-state index is 11.6. The molecule has 0 aliphatic rings. The van der Waals surface area contributed by atoms with Crippen molar-refractivity contribution in [3.8, 4) is 16.9 Å². The highest BCUT2D eigenvalue weighted by Crippen LogP contribution is 2.32. The molecule has 0 atom stereocenters. The van der Waals surface area contributed by atoms with Crippen LogP contribution in [0.2, 0.25) is 0 Å². The summed E-state index contributed by atoms with van der Waals surface area (Å²) in [4.78, 5) is 22.2. The fourth-order valence-electron chi connectivity index (χ4n) is 3.02. The summed E-state index contributed by atoms with van der Waals surface area (Å²) in [5.41, 5.74) is 4.11. The van der Waals surface area contributed by atoms with Crippen molar-refractivity contribution in [3.63, 3.8) is 0 Å². The predicted molar refractivity (Wildman–Crippen MR) is 96.8 cm³/mol. The van der Waals surface area contributed by atoms with Gasteiger partial charge in [-0.1, -0.05) is 29.8 Å². The lowest BCUT2D eigenvalue weighted by atomic mass is 10.0. The zero-order valence-electron chi connectivity index (χ0n) is 14.6. The van der Waals surface area contributed by atoms with Gasteiger partial charge in [0.05, 0.1) is 16.3 Å². The van der Waals surface area contributed by atoms with Crippen molar-refractivity contribution in [1.29, 1.82) is 0 Å². The zero-order valence-corrected chi connectivity index (χ0v) is 14.6. The van der Waals surface area contributed by atoms with E-state index in [9.17, 15) is 20.0 Å². The number of nitro benzene ring substituents is 1. The molecule has 132 valence electrons. The molecule has 0 spiro atoms. The Morgan fingerprint density at radius 2 is 1.88 bits per heavy atom. The van der Waals surface area contributed by atoms with Crippen molar-refractivity contribution in [3.05, 3.63) is 75.0 Å². The molecular weight excluding hydrogens is 334 g/mol. The third-order valence-electron chi connectivity index (χ3n) is 4.24. The smallest absolute Gasteiger partial charge is 0.356 e. The Balaban J connectivity index is 2.32. The standard InChI is InChI=1S/C19H17N3O4/c1-11-7-8-16(12(2)9-11)21-18(13(3)17(20-21)19(23)24)14-5-4-6-15(10-14)22(25)26/h4-10H,1-3H3,(H,23,24). The molecule has 7 heteroatoms. The molecule has 26 heavy (non-hydrogen) atoms. The van der Waals surface area contributed by atoms with Crippen molar-refractivity contribution in [1.82, 2.24) is 9.78 Å². The second-order valence-electron chi connectivity index (χ2n) is 6.14. The summed E-state index contributed by atoms with van der Waals surface area (Å²) in [5, 5.41) is 24.9. The number of carboxylic acids is 1. The van der Waals surface area contributed by atoms with Crippen molar-refractivity contribution < 1.29 is 14.8 Å². The molecule has 3 rings (SSSR count). The molecule has 0 saturated carbocycles. The van der Waals surface area contributed by atoms with Crippen LogP contribution in [0, 0.1) is 30.9 Å². The fourth-order valence-corrected chi connectivity index (χ4v) is 3.02. The number of nitrogens with zero attached hydrogens (tertiary/aromatic N) is 3. The average Bonchev–Trinajstić information content (AvgIpc) is 2.92. The molecule has 0 unspecified atom stereocenters. The van der Waals surface area contributed by atoms with Gasteiger partial charge in [0.25, 0.3) is 5.69 Å². The van der Waals surface area contributed by atoms with Crippen LogP contribution in [0.1, 0.15) is 27.2 Å². The molecule has 7 nitrogen and oxygen atoms in total. The van der Waals surface area contributed by atoms with Crippen LogP contribution in [-0.4, -0.2) is 25.8 Å². The van der Waals surface area contributed by atoms with Crippen LogP contribution in [-0.2, 0) is 0 Å². The number of carbonyl (C=O) groups is 1. The van der Waals surface area contributed by atoms with E-state index >= 15 is 0 Å². The average molecular weight is 351 g/mol. The number of hydrogen-bond acceptors (Lipinski definition) is 4. The Morgan fingerprint density at radius 3 is 2.50 bits per heavy atom. The van der Waals surface area contributed by atoms with Gasteiger partial charge in [-0.25, -0.2) is 9.48 Å². The molecule has 0 amide bonds. The van der Waals surface area contributed by atoms with Gasteiger partial charge in [-0.3, -0.25) is 10.1 Å². The van der Waals surface area contributed by atoms with Crippen molar-refractivity contribution in [2.24, 2.45) is 0 Å². The number of rotatable bonds is 4. The molecule has 0 saturated heterocycles. The van der Waals surface area contributed by atoms with Gasteiger partial charge < -0.3 is 5.11 Å². The SMILES string of the molecule is Cc1ccc(-n2nc(C(=O)O)c(C)c2-c2cccc([N+](=O)[O-])c2)c(C)c1. The predicted octanol–water partition coefficient (Wildman–Crippen LogP) is 4.07. The summed E-state index contributed by atoms with van der Waals surface area (Å²) >= 11 is 0. The fraction of sp³-hybridized carbons (Fsp3) is 0.158. The monoisotopic (exact) mass is 351 g/mol. The van der Waals surface area contributed by atoms with Crippen LogP contribution in [0.4, 0.5) is 5.69 Å². The number of aromatic carboxylic acids is 1. The van der Waals surface area contributed by atoms with Gasteiger partial charge in [-0.15, -0.1) is 0 Å². The number of hydrogen-bond donors (Lipinski definition) is 1. The van der Waals surface area contributed by atoms with Crippen LogP contribution in [0.5, 0.6) is 0 Å². The molecule has 0 radical (unpaired) electrons.